The normalized spacial score (nSPS) is 0. The topological polar surface area (TPSA) is 0 Å². The van der Waals surface area contributed by atoms with Gasteiger partial charge in [-0.15, -0.1) is 0 Å². The predicted octanol–water partition coefficient (Wildman–Crippen LogP) is 2.52. The Labute approximate surface area is 59.6 Å². The summed E-state index contributed by atoms with van der Waals surface area (Å²) in [4.78, 5) is 0. The molecule has 0 fully saturated rings. The number of rotatable bonds is 0. The minimum Gasteiger partial charge on any atom is 0 e. The zero-order valence-electron chi connectivity index (χ0n) is 2.77. The number of hydrogen-bond acceptors (Lipinski definition) is 0. The average molecular weight is 352 g/mol. The van der Waals surface area contributed by atoms with Crippen LogP contribution in [0.25, 0.3) is 0 Å². The molecule has 0 aromatic rings. The van der Waals surface area contributed by atoms with Crippen LogP contribution < -0.4 is 0 Å². The molecule has 0 amide bonds. The number of halogens is 6. The van der Waals surface area contributed by atoms with Gasteiger partial charge in [0.05, 0.1) is 0 Å². The molecular weight excluding hydrogens is 352 g/mol. The van der Waals surface area contributed by atoms with E-state index in [9.17, 15) is 0 Å². The zero-order chi connectivity index (χ0) is 0. The summed E-state index contributed by atoms with van der Waals surface area (Å²) in [5.41, 5.74) is 0. The van der Waals surface area contributed by atoms with Crippen molar-refractivity contribution in [2.45, 2.75) is 0 Å². The molecule has 0 atom stereocenters. The van der Waals surface area contributed by atoms with Crippen molar-refractivity contribution < 1.29 is 59.3 Å². The Hall–Kier alpha value is 0.632. The largest absolute Gasteiger partial charge is 0 e. The van der Waals surface area contributed by atoms with E-state index in [1.165, 1.54) is 0 Å². The van der Waals surface area contributed by atoms with Crippen molar-refractivity contribution in [3.8, 4) is 0 Å². The van der Waals surface area contributed by atoms with Gasteiger partial charge in [0.15, 0.2) is 0 Å². The molecule has 0 aliphatic carbocycles. The third-order valence-corrected chi connectivity index (χ3v) is 0. The van der Waals surface area contributed by atoms with Gasteiger partial charge in [-0.25, -0.2) is 0 Å². The summed E-state index contributed by atoms with van der Waals surface area (Å²) in [6, 6.07) is 0. The molecule has 7 heavy (non-hydrogen) atoms. The molecule has 0 aromatic heterocycles. The standard InChI is InChI=1S/6F.U. The van der Waals surface area contributed by atoms with Crippen molar-refractivity contribution in [1.82, 2.24) is 0 Å². The van der Waals surface area contributed by atoms with Crippen LogP contribution in [0.3, 0.4) is 0 Å². The van der Waals surface area contributed by atoms with E-state index in [2.05, 4.69) is 0 Å². The third kappa shape index (κ3) is 356. The minimum atomic E-state index is 0. The summed E-state index contributed by atoms with van der Waals surface area (Å²) in [5.74, 6) is 0. The van der Waals surface area contributed by atoms with Crippen LogP contribution in [0.5, 0.6) is 0 Å². The van der Waals surface area contributed by atoms with Crippen molar-refractivity contribution >= 4 is 0 Å². The molecule has 0 rings (SSSR count). The van der Waals surface area contributed by atoms with E-state index in [4.69, 9.17) is 0 Å². The van der Waals surface area contributed by atoms with E-state index in [0.717, 1.165) is 0 Å². The van der Waals surface area contributed by atoms with Crippen molar-refractivity contribution in [2.75, 3.05) is 0 Å². The summed E-state index contributed by atoms with van der Waals surface area (Å²) in [5, 5.41) is 0. The van der Waals surface area contributed by atoms with Crippen LogP contribution in [0.1, 0.15) is 0 Å². The molecule has 0 saturated carbocycles. The van der Waals surface area contributed by atoms with Crippen LogP contribution >= 0.6 is 0 Å². The Morgan fingerprint density at radius 3 is 0.286 bits per heavy atom. The fraction of sp³-hybridized carbons (Fsp3) is 0. The van der Waals surface area contributed by atoms with Gasteiger partial charge in [-0.1, -0.05) is 0 Å². The molecule has 0 nitrogen and oxygen atoms in total. The summed E-state index contributed by atoms with van der Waals surface area (Å²) in [7, 11) is 0. The molecule has 0 N–H and O–H groups in total. The van der Waals surface area contributed by atoms with Gasteiger partial charge in [0.1, 0.15) is 0 Å². The van der Waals surface area contributed by atoms with Crippen LogP contribution in [0.15, 0.2) is 0 Å². The van der Waals surface area contributed by atoms with Gasteiger partial charge in [-0.05, 0) is 0 Å². The van der Waals surface area contributed by atoms with E-state index in [-0.39, 0.29) is 59.3 Å². The fourth-order valence-electron chi connectivity index (χ4n) is 0. The molecule has 46 valence electrons. The summed E-state index contributed by atoms with van der Waals surface area (Å²) in [6.07, 6.45) is 0. The molecule has 0 spiro atoms. The first-order chi connectivity index (χ1) is 0. The summed E-state index contributed by atoms with van der Waals surface area (Å²) >= 11 is 0. The molecule has 0 aliphatic heterocycles. The average Bonchev–Trinajstić information content (AvgIpc) is 0. The van der Waals surface area contributed by atoms with Crippen LogP contribution in [-0.4, -0.2) is 0 Å². The maximum absolute atomic E-state index is 0. The van der Waals surface area contributed by atoms with Gasteiger partial charge in [-0.2, -0.15) is 0 Å². The number of hydrogen-bond donors (Lipinski definition) is 0. The molecule has 0 saturated heterocycles. The van der Waals surface area contributed by atoms with E-state index in [1.54, 1.807) is 0 Å². The monoisotopic (exact) mass is 352 g/mol. The zero-order valence-corrected chi connectivity index (χ0v) is 6.93. The van der Waals surface area contributed by atoms with Crippen LogP contribution in [-0.2, 0) is 0 Å². The predicted molar refractivity (Wildman–Crippen MR) is 6.65 cm³/mol. The molecule has 0 unspecified atom stereocenters. The molecule has 6 radical (unpaired) electrons. The van der Waals surface area contributed by atoms with Crippen molar-refractivity contribution in [2.24, 2.45) is 0 Å². The van der Waals surface area contributed by atoms with Gasteiger partial charge < -0.3 is 0 Å². The maximum atomic E-state index is 0. The van der Waals surface area contributed by atoms with E-state index >= 15 is 0 Å². The fourth-order valence-corrected chi connectivity index (χ4v) is 0. The van der Waals surface area contributed by atoms with Crippen LogP contribution in [0, 0.1) is 31.1 Å². The maximum Gasteiger partial charge on any atom is 0 e. The molecule has 0 bridgehead atoms. The first kappa shape index (κ1) is 841. The van der Waals surface area contributed by atoms with Crippen LogP contribution in [0.2, 0.25) is 0 Å². The van der Waals surface area contributed by atoms with E-state index in [1.807, 2.05) is 0 Å². The summed E-state index contributed by atoms with van der Waals surface area (Å²) < 4.78 is 0. The van der Waals surface area contributed by atoms with Gasteiger partial charge >= 0.3 is 0 Å². The molecule has 0 heterocycles. The third-order valence-electron chi connectivity index (χ3n) is 0. The van der Waals surface area contributed by atoms with Crippen molar-refractivity contribution in [1.29, 1.82) is 0 Å². The first-order valence-corrected chi connectivity index (χ1v) is 0. The Kier molecular flexibility index (Phi) is 63200. The Morgan fingerprint density at radius 1 is 0.286 bits per heavy atom. The Bertz CT molecular complexity index is 4.14. The van der Waals surface area contributed by atoms with E-state index in [0.29, 0.717) is 0 Å². The molecular formula is F6U. The molecule has 0 aliphatic rings. The molecule has 7 heteroatoms. The Balaban J connectivity index is 0. The Morgan fingerprint density at radius 2 is 0.286 bits per heavy atom. The van der Waals surface area contributed by atoms with Crippen molar-refractivity contribution in [3.05, 3.63) is 0 Å². The van der Waals surface area contributed by atoms with Crippen LogP contribution in [0.4, 0.5) is 28.2 Å². The second kappa shape index (κ2) is 527. The van der Waals surface area contributed by atoms with E-state index < -0.39 is 0 Å². The second-order valence-electron chi connectivity index (χ2n) is 0. The molecule has 0 aromatic carbocycles. The SMILES string of the molecule is [F].[F].[F].[F].[F].[F].[U]. The quantitative estimate of drug-likeness (QED) is 0.588. The first-order valence-electron chi connectivity index (χ1n) is 0. The van der Waals surface area contributed by atoms with Gasteiger partial charge in [0.25, 0.3) is 0 Å². The van der Waals surface area contributed by atoms with Gasteiger partial charge in [-0.3, -0.25) is 0 Å². The summed E-state index contributed by atoms with van der Waals surface area (Å²) in [6.45, 7) is 0. The van der Waals surface area contributed by atoms with Gasteiger partial charge in [0, 0.05) is 59.3 Å². The minimum absolute atomic E-state index is 0. The van der Waals surface area contributed by atoms with Crippen molar-refractivity contribution in [3.63, 3.8) is 0 Å². The second-order valence-corrected chi connectivity index (χ2v) is 0. The smallest absolute Gasteiger partial charge is 0 e. The van der Waals surface area contributed by atoms with Gasteiger partial charge in [0.2, 0.25) is 0 Å².